The van der Waals surface area contributed by atoms with Crippen molar-refractivity contribution >= 4 is 34.0 Å². The van der Waals surface area contributed by atoms with Crippen LogP contribution in [0.15, 0.2) is 22.7 Å². The van der Waals surface area contributed by atoms with E-state index in [-0.39, 0.29) is 27.6 Å². The van der Waals surface area contributed by atoms with E-state index in [0.717, 1.165) is 30.7 Å². The highest BCUT2D eigenvalue weighted by Gasteiger charge is 2.26. The first-order valence-corrected chi connectivity index (χ1v) is 9.75. The van der Waals surface area contributed by atoms with E-state index in [0.29, 0.717) is 5.13 Å². The molecule has 27 heavy (non-hydrogen) atoms. The monoisotopic (exact) mass is 408 g/mol. The number of anilines is 1. The highest BCUT2D eigenvalue weighted by Crippen LogP contribution is 2.34. The van der Waals surface area contributed by atoms with Crippen LogP contribution in [-0.2, 0) is 6.42 Å². The summed E-state index contributed by atoms with van der Waals surface area (Å²) in [5.74, 6) is -0.826. The summed E-state index contributed by atoms with van der Waals surface area (Å²) >= 11 is 7.42. The molecule has 0 radical (unpaired) electrons. The molecule has 0 spiro atoms. The quantitative estimate of drug-likeness (QED) is 0.538. The molecule has 0 aliphatic rings. The fourth-order valence-corrected chi connectivity index (χ4v) is 3.65. The third-order valence-electron chi connectivity index (χ3n) is 3.97. The first-order valence-electron chi connectivity index (χ1n) is 8.55. The van der Waals surface area contributed by atoms with Crippen LogP contribution in [0.5, 0.6) is 0 Å². The van der Waals surface area contributed by atoms with Crippen LogP contribution in [0.2, 0.25) is 5.02 Å². The summed E-state index contributed by atoms with van der Waals surface area (Å²) in [6.45, 7) is 3.71. The smallest absolute Gasteiger partial charge is 0.263 e. The Morgan fingerprint density at radius 2 is 2.15 bits per heavy atom. The maximum atomic E-state index is 14.2. The highest BCUT2D eigenvalue weighted by molar-refractivity contribution is 7.15. The summed E-state index contributed by atoms with van der Waals surface area (Å²) in [5, 5.41) is 16.0. The number of rotatable bonds is 7. The number of hydrogen-bond donors (Lipinski definition) is 1. The van der Waals surface area contributed by atoms with Crippen LogP contribution in [-0.4, -0.2) is 21.3 Å². The van der Waals surface area contributed by atoms with E-state index >= 15 is 0 Å². The van der Waals surface area contributed by atoms with E-state index in [9.17, 15) is 9.18 Å². The van der Waals surface area contributed by atoms with Crippen molar-refractivity contribution in [3.8, 4) is 11.3 Å². The molecule has 2 heterocycles. The molecule has 0 atom stereocenters. The second-order valence-electron chi connectivity index (χ2n) is 5.97. The van der Waals surface area contributed by atoms with Gasteiger partial charge in [0.1, 0.15) is 27.8 Å². The van der Waals surface area contributed by atoms with Gasteiger partial charge in [-0.15, -0.1) is 10.2 Å². The molecular formula is C18H18ClFN4O2S. The topological polar surface area (TPSA) is 80.9 Å². The zero-order chi connectivity index (χ0) is 19.4. The lowest BCUT2D eigenvalue weighted by molar-refractivity contribution is 0.102. The van der Waals surface area contributed by atoms with Crippen molar-refractivity contribution in [3.63, 3.8) is 0 Å². The number of amides is 1. The van der Waals surface area contributed by atoms with Gasteiger partial charge < -0.3 is 4.52 Å². The first-order chi connectivity index (χ1) is 13.0. The number of aromatic nitrogens is 3. The van der Waals surface area contributed by atoms with Crippen molar-refractivity contribution in [3.05, 3.63) is 45.4 Å². The zero-order valence-corrected chi connectivity index (χ0v) is 16.5. The number of nitrogens with zero attached hydrogens (tertiary/aromatic N) is 3. The number of hydrogen-bond acceptors (Lipinski definition) is 6. The summed E-state index contributed by atoms with van der Waals surface area (Å²) < 4.78 is 19.4. The van der Waals surface area contributed by atoms with Crippen LogP contribution in [0.1, 0.15) is 47.3 Å². The lowest BCUT2D eigenvalue weighted by Crippen LogP contribution is -2.13. The molecular weight excluding hydrogens is 391 g/mol. The number of nitrogens with one attached hydrogen (secondary N) is 1. The van der Waals surface area contributed by atoms with Gasteiger partial charge in [-0.1, -0.05) is 53.9 Å². The van der Waals surface area contributed by atoms with Crippen LogP contribution in [0.4, 0.5) is 9.52 Å². The second kappa shape index (κ2) is 8.58. The van der Waals surface area contributed by atoms with Gasteiger partial charge in [-0.05, 0) is 25.5 Å². The largest absolute Gasteiger partial charge is 0.360 e. The van der Waals surface area contributed by atoms with Gasteiger partial charge in [0.25, 0.3) is 5.91 Å². The molecule has 0 bridgehead atoms. The standard InChI is InChI=1S/C18H18ClFN4O2S/c1-3-4-5-9-13-22-23-18(27-13)21-17(25)14-10(2)26-24-16(14)15-11(19)7-6-8-12(15)20/h6-8H,3-5,9H2,1-2H3,(H,21,23,25). The number of unbranched alkanes of at least 4 members (excludes halogenated alkanes) is 2. The molecule has 1 aromatic carbocycles. The predicted molar refractivity (Wildman–Crippen MR) is 103 cm³/mol. The molecule has 9 heteroatoms. The Bertz CT molecular complexity index is 936. The van der Waals surface area contributed by atoms with Gasteiger partial charge in [0.05, 0.1) is 10.6 Å². The van der Waals surface area contributed by atoms with Crippen molar-refractivity contribution in [2.75, 3.05) is 5.32 Å². The minimum atomic E-state index is -0.584. The Morgan fingerprint density at radius 1 is 1.33 bits per heavy atom. The van der Waals surface area contributed by atoms with E-state index in [1.54, 1.807) is 6.92 Å². The van der Waals surface area contributed by atoms with Gasteiger partial charge in [0, 0.05) is 6.42 Å². The molecule has 1 N–H and O–H groups in total. The number of aryl methyl sites for hydroxylation is 2. The normalized spacial score (nSPS) is 11.0. The van der Waals surface area contributed by atoms with Crippen LogP contribution in [0.3, 0.4) is 0 Å². The Labute approximate surface area is 164 Å². The molecule has 0 saturated heterocycles. The lowest BCUT2D eigenvalue weighted by atomic mass is 10.1. The maximum Gasteiger partial charge on any atom is 0.263 e. The van der Waals surface area contributed by atoms with E-state index in [1.165, 1.54) is 29.5 Å². The summed E-state index contributed by atoms with van der Waals surface area (Å²) in [6.07, 6.45) is 4.09. The Kier molecular flexibility index (Phi) is 6.18. The Hall–Kier alpha value is -2.32. The third-order valence-corrected chi connectivity index (χ3v) is 5.18. The van der Waals surface area contributed by atoms with Crippen molar-refractivity contribution in [1.82, 2.24) is 15.4 Å². The minimum Gasteiger partial charge on any atom is -0.360 e. The van der Waals surface area contributed by atoms with Crippen LogP contribution >= 0.6 is 22.9 Å². The molecule has 0 saturated carbocycles. The van der Waals surface area contributed by atoms with E-state index < -0.39 is 11.7 Å². The van der Waals surface area contributed by atoms with E-state index in [4.69, 9.17) is 16.1 Å². The van der Waals surface area contributed by atoms with Crippen molar-refractivity contribution in [2.45, 2.75) is 39.5 Å². The fraction of sp³-hybridized carbons (Fsp3) is 0.333. The highest BCUT2D eigenvalue weighted by atomic mass is 35.5. The minimum absolute atomic E-state index is 0.0266. The fourth-order valence-electron chi connectivity index (χ4n) is 2.63. The van der Waals surface area contributed by atoms with E-state index in [1.807, 2.05) is 0 Å². The van der Waals surface area contributed by atoms with Gasteiger partial charge in [-0.3, -0.25) is 10.1 Å². The SMILES string of the molecule is CCCCCc1nnc(NC(=O)c2c(-c3c(F)cccc3Cl)noc2C)s1. The molecule has 142 valence electrons. The number of carbonyl (C=O) groups is 1. The van der Waals surface area contributed by atoms with Crippen molar-refractivity contribution < 1.29 is 13.7 Å². The van der Waals surface area contributed by atoms with Gasteiger partial charge in [0.2, 0.25) is 5.13 Å². The average Bonchev–Trinajstić information content (AvgIpc) is 3.22. The van der Waals surface area contributed by atoms with Gasteiger partial charge in [-0.2, -0.15) is 0 Å². The second-order valence-corrected chi connectivity index (χ2v) is 7.44. The molecule has 0 aliphatic carbocycles. The third kappa shape index (κ3) is 4.33. The number of carbonyl (C=O) groups excluding carboxylic acids is 1. The average molecular weight is 409 g/mol. The summed E-state index contributed by atoms with van der Waals surface area (Å²) in [5.41, 5.74) is 0.198. The maximum absolute atomic E-state index is 14.2. The van der Waals surface area contributed by atoms with Crippen LogP contribution in [0, 0.1) is 12.7 Å². The first kappa shape index (κ1) is 19.4. The molecule has 0 unspecified atom stereocenters. The molecule has 3 aromatic rings. The van der Waals surface area contributed by atoms with Gasteiger partial charge >= 0.3 is 0 Å². The zero-order valence-electron chi connectivity index (χ0n) is 14.9. The Morgan fingerprint density at radius 3 is 2.89 bits per heavy atom. The van der Waals surface area contributed by atoms with Crippen molar-refractivity contribution in [1.29, 1.82) is 0 Å². The summed E-state index contributed by atoms with van der Waals surface area (Å²) in [4.78, 5) is 12.7. The molecule has 6 nitrogen and oxygen atoms in total. The van der Waals surface area contributed by atoms with Gasteiger partial charge in [0.15, 0.2) is 0 Å². The predicted octanol–water partition coefficient (Wildman–Crippen LogP) is 5.28. The van der Waals surface area contributed by atoms with Gasteiger partial charge in [-0.25, -0.2) is 4.39 Å². The van der Waals surface area contributed by atoms with Crippen LogP contribution in [0.25, 0.3) is 11.3 Å². The van der Waals surface area contributed by atoms with Crippen LogP contribution < -0.4 is 5.32 Å². The number of benzene rings is 1. The Balaban J connectivity index is 1.83. The lowest BCUT2D eigenvalue weighted by Gasteiger charge is -2.05. The molecule has 2 aromatic heterocycles. The van der Waals surface area contributed by atoms with E-state index in [2.05, 4.69) is 27.6 Å². The molecule has 1 amide bonds. The number of halogens is 2. The van der Waals surface area contributed by atoms with Crippen molar-refractivity contribution in [2.24, 2.45) is 0 Å². The molecule has 0 fully saturated rings. The summed E-state index contributed by atoms with van der Waals surface area (Å²) in [7, 11) is 0. The summed E-state index contributed by atoms with van der Waals surface area (Å²) in [6, 6.07) is 4.26. The molecule has 0 aliphatic heterocycles. The molecule has 3 rings (SSSR count).